The van der Waals surface area contributed by atoms with E-state index in [2.05, 4.69) is 23.3 Å². The van der Waals surface area contributed by atoms with Crippen molar-refractivity contribution in [2.24, 2.45) is 0 Å². The quantitative estimate of drug-likeness (QED) is 0.242. The second-order valence-electron chi connectivity index (χ2n) is 5.81. The average molecular weight is 352 g/mol. The SMILES string of the molecule is O=C1N[C@H]2[C@H](CS[C@H]2CCCCC(=O)Oc2ccccc2S)N1. The molecule has 0 aromatic heterocycles. The highest BCUT2D eigenvalue weighted by Crippen LogP contribution is 2.33. The van der Waals surface area contributed by atoms with Crippen LogP contribution in [0.15, 0.2) is 29.2 Å². The number of ether oxygens (including phenoxy) is 1. The molecule has 3 atom stereocenters. The van der Waals surface area contributed by atoms with Gasteiger partial charge in [-0.3, -0.25) is 4.79 Å². The lowest BCUT2D eigenvalue weighted by Gasteiger charge is -2.16. The highest BCUT2D eigenvalue weighted by atomic mass is 32.2. The maximum absolute atomic E-state index is 11.9. The molecular formula is C16H20N2O3S2. The summed E-state index contributed by atoms with van der Waals surface area (Å²) in [6, 6.07) is 7.64. The van der Waals surface area contributed by atoms with Gasteiger partial charge >= 0.3 is 12.0 Å². The van der Waals surface area contributed by atoms with Gasteiger partial charge in [-0.2, -0.15) is 11.8 Å². The van der Waals surface area contributed by atoms with E-state index < -0.39 is 0 Å². The van der Waals surface area contributed by atoms with Gasteiger partial charge in [-0.25, -0.2) is 4.79 Å². The number of carbonyl (C=O) groups is 2. The summed E-state index contributed by atoms with van der Waals surface area (Å²) >= 11 is 6.16. The second kappa shape index (κ2) is 7.49. The first kappa shape index (κ1) is 16.5. The summed E-state index contributed by atoms with van der Waals surface area (Å²) in [7, 11) is 0. The third-order valence-electron chi connectivity index (χ3n) is 4.15. The first-order valence-corrected chi connectivity index (χ1v) is 9.30. The minimum Gasteiger partial charge on any atom is -0.425 e. The Balaban J connectivity index is 1.36. The van der Waals surface area contributed by atoms with Crippen molar-refractivity contribution in [3.05, 3.63) is 24.3 Å². The van der Waals surface area contributed by atoms with Crippen LogP contribution in [0.4, 0.5) is 4.79 Å². The number of thiol groups is 1. The van der Waals surface area contributed by atoms with E-state index >= 15 is 0 Å². The van der Waals surface area contributed by atoms with Gasteiger partial charge in [0.15, 0.2) is 0 Å². The number of nitrogens with one attached hydrogen (secondary N) is 2. The Morgan fingerprint density at radius 3 is 2.96 bits per heavy atom. The van der Waals surface area contributed by atoms with Crippen LogP contribution in [-0.4, -0.2) is 35.1 Å². The predicted octanol–water partition coefficient (Wildman–Crippen LogP) is 2.61. The molecule has 0 radical (unpaired) electrons. The van der Waals surface area contributed by atoms with Gasteiger partial charge in [-0.05, 0) is 25.0 Å². The number of amides is 2. The van der Waals surface area contributed by atoms with Crippen LogP contribution < -0.4 is 15.4 Å². The first-order chi connectivity index (χ1) is 11.1. The summed E-state index contributed by atoms with van der Waals surface area (Å²) in [6.07, 6.45) is 3.15. The Morgan fingerprint density at radius 1 is 1.30 bits per heavy atom. The molecule has 0 unspecified atom stereocenters. The van der Waals surface area contributed by atoms with Crippen LogP contribution in [0.3, 0.4) is 0 Å². The number of fused-ring (bicyclic) bond motifs is 1. The molecule has 0 bridgehead atoms. The van der Waals surface area contributed by atoms with Crippen LogP contribution in [0.5, 0.6) is 5.75 Å². The predicted molar refractivity (Wildman–Crippen MR) is 93.3 cm³/mol. The Morgan fingerprint density at radius 2 is 2.13 bits per heavy atom. The lowest BCUT2D eigenvalue weighted by atomic mass is 10.0. The molecule has 2 fully saturated rings. The molecule has 2 saturated heterocycles. The van der Waals surface area contributed by atoms with E-state index in [4.69, 9.17) is 4.74 Å². The van der Waals surface area contributed by atoms with Crippen molar-refractivity contribution < 1.29 is 14.3 Å². The lowest BCUT2D eigenvalue weighted by molar-refractivity contribution is -0.134. The lowest BCUT2D eigenvalue weighted by Crippen LogP contribution is -2.36. The number of para-hydroxylation sites is 1. The van der Waals surface area contributed by atoms with Crippen molar-refractivity contribution in [1.82, 2.24) is 10.6 Å². The fourth-order valence-corrected chi connectivity index (χ4v) is 4.72. The maximum atomic E-state index is 11.9. The molecule has 2 heterocycles. The van der Waals surface area contributed by atoms with Crippen LogP contribution in [0.2, 0.25) is 0 Å². The number of hydrogen-bond acceptors (Lipinski definition) is 5. The monoisotopic (exact) mass is 352 g/mol. The number of unbranched alkanes of at least 4 members (excludes halogenated alkanes) is 1. The standard InChI is InChI=1S/C16H20N2O3S2/c19-14(21-11-5-1-2-6-12(11)22)8-4-3-7-13-15-10(9-23-13)17-16(20)18-15/h1-2,5-6,10,13,15,22H,3-4,7-9H2,(H2,17,18,20)/t10-,13-,15-/m0/s1. The summed E-state index contributed by atoms with van der Waals surface area (Å²) < 4.78 is 5.31. The molecule has 2 aliphatic rings. The zero-order chi connectivity index (χ0) is 16.2. The highest BCUT2D eigenvalue weighted by molar-refractivity contribution is 8.00. The van der Waals surface area contributed by atoms with Crippen molar-refractivity contribution in [2.75, 3.05) is 5.75 Å². The van der Waals surface area contributed by atoms with Crippen molar-refractivity contribution in [2.45, 2.75) is 47.9 Å². The van der Waals surface area contributed by atoms with Gasteiger partial charge in [-0.1, -0.05) is 18.6 Å². The fourth-order valence-electron chi connectivity index (χ4n) is 2.98. The van der Waals surface area contributed by atoms with Gasteiger partial charge in [0, 0.05) is 22.3 Å². The minimum atomic E-state index is -0.223. The fraction of sp³-hybridized carbons (Fsp3) is 0.500. The molecule has 3 rings (SSSR count). The molecule has 1 aromatic carbocycles. The Hall–Kier alpha value is -1.34. The number of thioether (sulfide) groups is 1. The van der Waals surface area contributed by atoms with Gasteiger partial charge in [0.25, 0.3) is 0 Å². The molecule has 2 aliphatic heterocycles. The van der Waals surface area contributed by atoms with Crippen LogP contribution in [-0.2, 0) is 4.79 Å². The topological polar surface area (TPSA) is 67.4 Å². The van der Waals surface area contributed by atoms with Crippen molar-refractivity contribution in [1.29, 1.82) is 0 Å². The molecule has 7 heteroatoms. The molecule has 2 amide bonds. The van der Waals surface area contributed by atoms with Gasteiger partial charge in [-0.15, -0.1) is 12.6 Å². The van der Waals surface area contributed by atoms with Crippen LogP contribution >= 0.6 is 24.4 Å². The zero-order valence-corrected chi connectivity index (χ0v) is 14.4. The normalized spacial score (nSPS) is 25.6. The van der Waals surface area contributed by atoms with Gasteiger partial charge in [0.2, 0.25) is 0 Å². The summed E-state index contributed by atoms with van der Waals surface area (Å²) in [5, 5.41) is 6.36. The van der Waals surface area contributed by atoms with Crippen molar-refractivity contribution in [3.8, 4) is 5.75 Å². The Labute approximate surface area is 145 Å². The molecule has 0 aliphatic carbocycles. The van der Waals surface area contributed by atoms with Crippen molar-refractivity contribution >= 4 is 36.4 Å². The molecule has 5 nitrogen and oxygen atoms in total. The van der Waals surface area contributed by atoms with E-state index in [-0.39, 0.29) is 24.1 Å². The number of hydrogen-bond donors (Lipinski definition) is 3. The number of benzene rings is 1. The van der Waals surface area contributed by atoms with Gasteiger partial charge < -0.3 is 15.4 Å². The van der Waals surface area contributed by atoms with Crippen LogP contribution in [0, 0.1) is 0 Å². The summed E-state index contributed by atoms with van der Waals surface area (Å²) in [4.78, 5) is 23.8. The van der Waals surface area contributed by atoms with Crippen molar-refractivity contribution in [3.63, 3.8) is 0 Å². The number of urea groups is 1. The van der Waals surface area contributed by atoms with Crippen LogP contribution in [0.25, 0.3) is 0 Å². The Bertz CT molecular complexity index is 596. The number of carbonyl (C=O) groups excluding carboxylic acids is 2. The molecule has 0 spiro atoms. The van der Waals surface area contributed by atoms with E-state index in [1.165, 1.54) is 0 Å². The van der Waals surface area contributed by atoms with E-state index in [1.807, 2.05) is 23.9 Å². The highest BCUT2D eigenvalue weighted by Gasteiger charge is 2.42. The van der Waals surface area contributed by atoms with Crippen LogP contribution in [0.1, 0.15) is 25.7 Å². The molecule has 2 N–H and O–H groups in total. The third kappa shape index (κ3) is 4.14. The molecule has 124 valence electrons. The van der Waals surface area contributed by atoms with E-state index in [1.54, 1.807) is 12.1 Å². The summed E-state index contributed by atoms with van der Waals surface area (Å²) in [6.45, 7) is 0. The van der Waals surface area contributed by atoms with E-state index in [0.717, 1.165) is 25.0 Å². The van der Waals surface area contributed by atoms with E-state index in [9.17, 15) is 9.59 Å². The van der Waals surface area contributed by atoms with Gasteiger partial charge in [0.05, 0.1) is 12.1 Å². The first-order valence-electron chi connectivity index (χ1n) is 7.81. The second-order valence-corrected chi connectivity index (χ2v) is 7.56. The molecule has 0 saturated carbocycles. The number of rotatable bonds is 6. The smallest absolute Gasteiger partial charge is 0.315 e. The summed E-state index contributed by atoms with van der Waals surface area (Å²) in [5.74, 6) is 1.25. The number of esters is 1. The average Bonchev–Trinajstić information content (AvgIpc) is 3.06. The minimum absolute atomic E-state index is 0.0562. The molecule has 1 aromatic rings. The van der Waals surface area contributed by atoms with Gasteiger partial charge in [0.1, 0.15) is 5.75 Å². The summed E-state index contributed by atoms with van der Waals surface area (Å²) in [5.41, 5.74) is 0. The maximum Gasteiger partial charge on any atom is 0.315 e. The molecular weight excluding hydrogens is 332 g/mol. The Kier molecular flexibility index (Phi) is 5.38. The third-order valence-corrected chi connectivity index (χ3v) is 6.02. The molecule has 23 heavy (non-hydrogen) atoms. The zero-order valence-electron chi connectivity index (χ0n) is 12.7. The van der Waals surface area contributed by atoms with E-state index in [0.29, 0.717) is 22.3 Å². The largest absolute Gasteiger partial charge is 0.425 e.